The summed E-state index contributed by atoms with van der Waals surface area (Å²) in [6, 6.07) is 5.87. The van der Waals surface area contributed by atoms with Gasteiger partial charge in [-0.05, 0) is 12.1 Å². The SMILES string of the molecule is c1ccc(CNCc2cnoc2)nc1. The van der Waals surface area contributed by atoms with Gasteiger partial charge in [0, 0.05) is 24.8 Å². The highest BCUT2D eigenvalue weighted by molar-refractivity contribution is 5.04. The first-order valence-corrected chi connectivity index (χ1v) is 4.44. The van der Waals surface area contributed by atoms with Crippen molar-refractivity contribution in [2.24, 2.45) is 0 Å². The van der Waals surface area contributed by atoms with Gasteiger partial charge in [0.2, 0.25) is 0 Å². The molecule has 72 valence electrons. The highest BCUT2D eigenvalue weighted by Crippen LogP contribution is 1.97. The van der Waals surface area contributed by atoms with Gasteiger partial charge in [-0.1, -0.05) is 11.2 Å². The molecule has 4 heteroatoms. The number of aromatic nitrogens is 2. The lowest BCUT2D eigenvalue weighted by atomic mass is 10.3. The molecule has 0 amide bonds. The van der Waals surface area contributed by atoms with Gasteiger partial charge in [-0.2, -0.15) is 0 Å². The fraction of sp³-hybridized carbons (Fsp3) is 0.200. The van der Waals surface area contributed by atoms with Crippen LogP contribution in [0.3, 0.4) is 0 Å². The van der Waals surface area contributed by atoms with Crippen LogP contribution >= 0.6 is 0 Å². The van der Waals surface area contributed by atoms with E-state index in [9.17, 15) is 0 Å². The van der Waals surface area contributed by atoms with Crippen LogP contribution in [0, 0.1) is 0 Å². The lowest BCUT2D eigenvalue weighted by molar-refractivity contribution is 0.418. The van der Waals surface area contributed by atoms with Gasteiger partial charge in [-0.15, -0.1) is 0 Å². The quantitative estimate of drug-likeness (QED) is 0.789. The molecule has 0 aliphatic heterocycles. The first-order valence-electron chi connectivity index (χ1n) is 4.44. The maximum Gasteiger partial charge on any atom is 0.128 e. The molecule has 2 rings (SSSR count). The second kappa shape index (κ2) is 4.53. The van der Waals surface area contributed by atoms with E-state index in [2.05, 4.69) is 15.5 Å². The second-order valence-electron chi connectivity index (χ2n) is 2.96. The van der Waals surface area contributed by atoms with E-state index in [1.54, 1.807) is 18.7 Å². The van der Waals surface area contributed by atoms with Crippen molar-refractivity contribution in [3.05, 3.63) is 48.1 Å². The zero-order chi connectivity index (χ0) is 9.64. The first-order chi connectivity index (χ1) is 6.95. The molecule has 4 nitrogen and oxygen atoms in total. The fourth-order valence-electron chi connectivity index (χ4n) is 1.15. The molecule has 2 heterocycles. The number of pyridine rings is 1. The molecule has 0 aliphatic rings. The maximum absolute atomic E-state index is 4.71. The van der Waals surface area contributed by atoms with Gasteiger partial charge in [0.25, 0.3) is 0 Å². The number of hydrogen-bond acceptors (Lipinski definition) is 4. The van der Waals surface area contributed by atoms with Crippen LogP contribution < -0.4 is 5.32 Å². The molecule has 0 aromatic carbocycles. The van der Waals surface area contributed by atoms with Crippen LogP contribution in [0.5, 0.6) is 0 Å². The first kappa shape index (κ1) is 8.90. The minimum Gasteiger partial charge on any atom is -0.364 e. The molecule has 14 heavy (non-hydrogen) atoms. The molecule has 0 unspecified atom stereocenters. The van der Waals surface area contributed by atoms with Gasteiger partial charge in [0.05, 0.1) is 11.9 Å². The third kappa shape index (κ3) is 2.40. The van der Waals surface area contributed by atoms with Gasteiger partial charge in [0.15, 0.2) is 0 Å². The van der Waals surface area contributed by atoms with Crippen molar-refractivity contribution in [3.63, 3.8) is 0 Å². The highest BCUT2D eigenvalue weighted by atomic mass is 16.5. The van der Waals surface area contributed by atoms with E-state index in [1.807, 2.05) is 18.2 Å². The zero-order valence-electron chi connectivity index (χ0n) is 7.68. The molecule has 0 radical (unpaired) electrons. The standard InChI is InChI=1S/C10H11N3O/c1-2-4-12-10(3-1)7-11-5-9-6-13-14-8-9/h1-4,6,8,11H,5,7H2. The predicted octanol–water partition coefficient (Wildman–Crippen LogP) is 1.36. The summed E-state index contributed by atoms with van der Waals surface area (Å²) in [5.41, 5.74) is 2.07. The number of nitrogens with zero attached hydrogens (tertiary/aromatic N) is 2. The smallest absolute Gasteiger partial charge is 0.128 e. The van der Waals surface area contributed by atoms with Crippen LogP contribution in [0.15, 0.2) is 41.4 Å². The molecular weight excluding hydrogens is 178 g/mol. The average molecular weight is 189 g/mol. The molecule has 0 saturated carbocycles. The summed E-state index contributed by atoms with van der Waals surface area (Å²) in [5.74, 6) is 0. The fourth-order valence-corrected chi connectivity index (χ4v) is 1.15. The Bertz CT molecular complexity index is 358. The summed E-state index contributed by atoms with van der Waals surface area (Å²) in [4.78, 5) is 4.20. The van der Waals surface area contributed by atoms with Gasteiger partial charge in [-0.3, -0.25) is 4.98 Å². The van der Waals surface area contributed by atoms with Gasteiger partial charge < -0.3 is 9.84 Å². The van der Waals surface area contributed by atoms with Crippen molar-refractivity contribution >= 4 is 0 Å². The number of rotatable bonds is 4. The van der Waals surface area contributed by atoms with Crippen molar-refractivity contribution in [1.82, 2.24) is 15.5 Å². The zero-order valence-corrected chi connectivity index (χ0v) is 7.68. The topological polar surface area (TPSA) is 51.0 Å². The lowest BCUT2D eigenvalue weighted by Gasteiger charge is -2.00. The molecule has 2 aromatic rings. The summed E-state index contributed by atoms with van der Waals surface area (Å²) in [7, 11) is 0. The van der Waals surface area contributed by atoms with E-state index < -0.39 is 0 Å². The Balaban J connectivity index is 1.79. The van der Waals surface area contributed by atoms with Gasteiger partial charge in [0.1, 0.15) is 6.26 Å². The molecule has 1 N–H and O–H groups in total. The van der Waals surface area contributed by atoms with Crippen LogP contribution in [0.2, 0.25) is 0 Å². The third-order valence-electron chi connectivity index (χ3n) is 1.84. The lowest BCUT2D eigenvalue weighted by Crippen LogP contribution is -2.12. The van der Waals surface area contributed by atoms with Crippen molar-refractivity contribution < 1.29 is 4.52 Å². The Morgan fingerprint density at radius 2 is 2.29 bits per heavy atom. The molecule has 0 bridgehead atoms. The van der Waals surface area contributed by atoms with E-state index in [-0.39, 0.29) is 0 Å². The Labute approximate surface area is 82.0 Å². The molecule has 0 fully saturated rings. The van der Waals surface area contributed by atoms with E-state index in [0.29, 0.717) is 0 Å². The maximum atomic E-state index is 4.71. The minimum absolute atomic E-state index is 0.750. The van der Waals surface area contributed by atoms with Crippen molar-refractivity contribution in [3.8, 4) is 0 Å². The summed E-state index contributed by atoms with van der Waals surface area (Å²) in [6.45, 7) is 1.51. The van der Waals surface area contributed by atoms with E-state index in [1.165, 1.54) is 0 Å². The van der Waals surface area contributed by atoms with E-state index in [0.717, 1.165) is 24.3 Å². The molecule has 2 aromatic heterocycles. The van der Waals surface area contributed by atoms with Crippen LogP contribution in [-0.2, 0) is 13.1 Å². The summed E-state index contributed by atoms with van der Waals surface area (Å²) >= 11 is 0. The van der Waals surface area contributed by atoms with E-state index >= 15 is 0 Å². The third-order valence-corrected chi connectivity index (χ3v) is 1.84. The predicted molar refractivity (Wildman–Crippen MR) is 51.3 cm³/mol. The molecule has 0 aliphatic carbocycles. The molecular formula is C10H11N3O. The Morgan fingerprint density at radius 3 is 3.00 bits per heavy atom. The Morgan fingerprint density at radius 1 is 1.29 bits per heavy atom. The Kier molecular flexibility index (Phi) is 2.88. The molecule has 0 saturated heterocycles. The number of nitrogens with one attached hydrogen (secondary N) is 1. The van der Waals surface area contributed by atoms with Crippen LogP contribution in [-0.4, -0.2) is 10.1 Å². The Hall–Kier alpha value is -1.68. The van der Waals surface area contributed by atoms with Crippen LogP contribution in [0.1, 0.15) is 11.3 Å². The number of hydrogen-bond donors (Lipinski definition) is 1. The largest absolute Gasteiger partial charge is 0.364 e. The molecule has 0 spiro atoms. The monoisotopic (exact) mass is 189 g/mol. The van der Waals surface area contributed by atoms with Crippen molar-refractivity contribution in [2.45, 2.75) is 13.1 Å². The summed E-state index contributed by atoms with van der Waals surface area (Å²) in [6.07, 6.45) is 5.12. The molecule has 0 atom stereocenters. The van der Waals surface area contributed by atoms with Crippen molar-refractivity contribution in [2.75, 3.05) is 0 Å². The van der Waals surface area contributed by atoms with Crippen molar-refractivity contribution in [1.29, 1.82) is 0 Å². The summed E-state index contributed by atoms with van der Waals surface area (Å²) < 4.78 is 4.71. The van der Waals surface area contributed by atoms with Crippen LogP contribution in [0.4, 0.5) is 0 Å². The minimum atomic E-state index is 0.750. The normalized spacial score (nSPS) is 10.3. The van der Waals surface area contributed by atoms with Crippen LogP contribution in [0.25, 0.3) is 0 Å². The van der Waals surface area contributed by atoms with Gasteiger partial charge >= 0.3 is 0 Å². The van der Waals surface area contributed by atoms with E-state index in [4.69, 9.17) is 4.52 Å². The second-order valence-corrected chi connectivity index (χ2v) is 2.96. The highest BCUT2D eigenvalue weighted by Gasteiger charge is 1.95. The average Bonchev–Trinajstić information content (AvgIpc) is 2.72. The summed E-state index contributed by atoms with van der Waals surface area (Å²) in [5, 5.41) is 6.86. The van der Waals surface area contributed by atoms with Gasteiger partial charge in [-0.25, -0.2) is 0 Å².